The minimum atomic E-state index is -0.484. The van der Waals surface area contributed by atoms with Gasteiger partial charge in [0.2, 0.25) is 0 Å². The molecule has 1 heterocycles. The van der Waals surface area contributed by atoms with Gasteiger partial charge in [-0.1, -0.05) is 19.1 Å². The molecule has 0 radical (unpaired) electrons. The van der Waals surface area contributed by atoms with Gasteiger partial charge in [-0.3, -0.25) is 0 Å². The third-order valence-corrected chi connectivity index (χ3v) is 4.10. The van der Waals surface area contributed by atoms with Gasteiger partial charge in [0.1, 0.15) is 5.82 Å². The fourth-order valence-corrected chi connectivity index (χ4v) is 3.00. The normalized spacial score (nSPS) is 33.6. The number of aliphatic hydroxyl groups excluding tert-OH is 1. The molecule has 1 saturated heterocycles. The number of hydrogen-bond donors (Lipinski definition) is 1. The maximum absolute atomic E-state index is 13.1. The van der Waals surface area contributed by atoms with Crippen LogP contribution in [0, 0.1) is 17.7 Å². The summed E-state index contributed by atoms with van der Waals surface area (Å²) in [6.07, 6.45) is 0.222. The van der Waals surface area contributed by atoms with Gasteiger partial charge < -0.3 is 9.84 Å². The summed E-state index contributed by atoms with van der Waals surface area (Å²) in [5.74, 6) is 0.184. The van der Waals surface area contributed by atoms with Crippen LogP contribution in [0.15, 0.2) is 24.3 Å². The Morgan fingerprint density at radius 2 is 2.00 bits per heavy atom. The molecule has 2 rings (SSSR count). The van der Waals surface area contributed by atoms with E-state index in [-0.39, 0.29) is 23.9 Å². The van der Waals surface area contributed by atoms with Crippen molar-refractivity contribution in [2.45, 2.75) is 45.5 Å². The van der Waals surface area contributed by atoms with E-state index in [0.29, 0.717) is 12.3 Å². The van der Waals surface area contributed by atoms with E-state index in [9.17, 15) is 9.50 Å². The molecule has 1 aromatic carbocycles. The first-order valence-electron chi connectivity index (χ1n) is 6.57. The first kappa shape index (κ1) is 13.5. The fraction of sp³-hybridized carbons (Fsp3) is 0.600. The lowest BCUT2D eigenvalue weighted by Crippen LogP contribution is -2.32. The second-order valence-electron chi connectivity index (χ2n) is 5.38. The van der Waals surface area contributed by atoms with Gasteiger partial charge in [0.05, 0.1) is 18.3 Å². The van der Waals surface area contributed by atoms with Gasteiger partial charge in [-0.25, -0.2) is 4.39 Å². The Kier molecular flexibility index (Phi) is 4.03. The summed E-state index contributed by atoms with van der Waals surface area (Å²) in [4.78, 5) is 0. The molecule has 0 saturated carbocycles. The van der Waals surface area contributed by atoms with Crippen LogP contribution < -0.4 is 0 Å². The first-order chi connectivity index (χ1) is 8.49. The molecule has 1 fully saturated rings. The Hall–Kier alpha value is -0.930. The zero-order valence-electron chi connectivity index (χ0n) is 11.1. The van der Waals surface area contributed by atoms with Crippen molar-refractivity contribution in [3.05, 3.63) is 35.6 Å². The molecule has 5 unspecified atom stereocenters. The molecule has 1 aromatic rings. The van der Waals surface area contributed by atoms with E-state index < -0.39 is 6.10 Å². The SMILES string of the molecule is CC1OC(C)C(C(O)Cc2cccc(F)c2)C1C. The molecule has 5 atom stereocenters. The summed E-state index contributed by atoms with van der Waals surface area (Å²) in [5, 5.41) is 10.3. The summed E-state index contributed by atoms with van der Waals surface area (Å²) in [6.45, 7) is 6.14. The molecular weight excluding hydrogens is 231 g/mol. The van der Waals surface area contributed by atoms with E-state index in [1.165, 1.54) is 12.1 Å². The number of aliphatic hydroxyl groups is 1. The summed E-state index contributed by atoms with van der Waals surface area (Å²) in [6, 6.07) is 6.43. The van der Waals surface area contributed by atoms with Gasteiger partial charge in [0.25, 0.3) is 0 Å². The highest BCUT2D eigenvalue weighted by Gasteiger charge is 2.40. The van der Waals surface area contributed by atoms with E-state index in [1.54, 1.807) is 6.07 Å². The highest BCUT2D eigenvalue weighted by molar-refractivity contribution is 5.17. The lowest BCUT2D eigenvalue weighted by atomic mass is 9.83. The van der Waals surface area contributed by atoms with Crippen molar-refractivity contribution < 1.29 is 14.2 Å². The number of ether oxygens (including phenoxy) is 1. The lowest BCUT2D eigenvalue weighted by Gasteiger charge is -2.24. The second-order valence-corrected chi connectivity index (χ2v) is 5.38. The Bertz CT molecular complexity index is 407. The van der Waals surface area contributed by atoms with E-state index in [2.05, 4.69) is 6.92 Å². The molecule has 3 heteroatoms. The van der Waals surface area contributed by atoms with Crippen molar-refractivity contribution in [2.75, 3.05) is 0 Å². The second kappa shape index (κ2) is 5.37. The van der Waals surface area contributed by atoms with Gasteiger partial charge in [-0.2, -0.15) is 0 Å². The van der Waals surface area contributed by atoms with Crippen molar-refractivity contribution >= 4 is 0 Å². The molecule has 1 aliphatic rings. The van der Waals surface area contributed by atoms with E-state index in [1.807, 2.05) is 19.9 Å². The molecular formula is C15H21FO2. The molecule has 0 amide bonds. The maximum Gasteiger partial charge on any atom is 0.123 e. The molecule has 0 spiro atoms. The van der Waals surface area contributed by atoms with Crippen molar-refractivity contribution in [1.29, 1.82) is 0 Å². The topological polar surface area (TPSA) is 29.5 Å². The molecule has 18 heavy (non-hydrogen) atoms. The van der Waals surface area contributed by atoms with Gasteiger partial charge in [-0.15, -0.1) is 0 Å². The summed E-state index contributed by atoms with van der Waals surface area (Å²) >= 11 is 0. The molecule has 0 aromatic heterocycles. The number of benzene rings is 1. The van der Waals surface area contributed by atoms with Crippen LogP contribution in [-0.2, 0) is 11.2 Å². The van der Waals surface area contributed by atoms with Gasteiger partial charge in [0, 0.05) is 5.92 Å². The highest BCUT2D eigenvalue weighted by atomic mass is 19.1. The fourth-order valence-electron chi connectivity index (χ4n) is 3.00. The molecule has 0 aliphatic carbocycles. The minimum Gasteiger partial charge on any atom is -0.392 e. The minimum absolute atomic E-state index is 0.0542. The van der Waals surface area contributed by atoms with Crippen LogP contribution in [0.1, 0.15) is 26.3 Å². The summed E-state index contributed by atoms with van der Waals surface area (Å²) in [7, 11) is 0. The number of rotatable bonds is 3. The van der Waals surface area contributed by atoms with Crippen LogP contribution in [0.25, 0.3) is 0 Å². The van der Waals surface area contributed by atoms with E-state index in [0.717, 1.165) is 5.56 Å². The first-order valence-corrected chi connectivity index (χ1v) is 6.57. The molecule has 100 valence electrons. The van der Waals surface area contributed by atoms with Crippen LogP contribution >= 0.6 is 0 Å². The van der Waals surface area contributed by atoms with Crippen molar-refractivity contribution in [2.24, 2.45) is 11.8 Å². The molecule has 1 aliphatic heterocycles. The third-order valence-electron chi connectivity index (χ3n) is 4.10. The van der Waals surface area contributed by atoms with Crippen LogP contribution in [0.5, 0.6) is 0 Å². The van der Waals surface area contributed by atoms with Crippen LogP contribution in [0.2, 0.25) is 0 Å². The average Bonchev–Trinajstić information content (AvgIpc) is 2.53. The summed E-state index contributed by atoms with van der Waals surface area (Å²) in [5.41, 5.74) is 0.835. The van der Waals surface area contributed by atoms with Crippen LogP contribution in [0.4, 0.5) is 4.39 Å². The maximum atomic E-state index is 13.1. The largest absolute Gasteiger partial charge is 0.392 e. The van der Waals surface area contributed by atoms with Gasteiger partial charge in [-0.05, 0) is 43.9 Å². The van der Waals surface area contributed by atoms with Crippen molar-refractivity contribution in [3.63, 3.8) is 0 Å². The Morgan fingerprint density at radius 3 is 2.56 bits per heavy atom. The quantitative estimate of drug-likeness (QED) is 0.896. The Morgan fingerprint density at radius 1 is 1.28 bits per heavy atom. The summed E-state index contributed by atoms with van der Waals surface area (Å²) < 4.78 is 18.8. The predicted octanol–water partition coefficient (Wildman–Crippen LogP) is 2.79. The molecule has 2 nitrogen and oxygen atoms in total. The highest BCUT2D eigenvalue weighted by Crippen LogP contribution is 2.35. The zero-order valence-corrected chi connectivity index (χ0v) is 11.1. The van der Waals surface area contributed by atoms with Crippen molar-refractivity contribution in [1.82, 2.24) is 0 Å². The van der Waals surface area contributed by atoms with Crippen molar-refractivity contribution in [3.8, 4) is 0 Å². The zero-order chi connectivity index (χ0) is 13.3. The lowest BCUT2D eigenvalue weighted by molar-refractivity contribution is 0.0240. The average molecular weight is 252 g/mol. The molecule has 0 bridgehead atoms. The van der Waals surface area contributed by atoms with Crippen LogP contribution in [-0.4, -0.2) is 23.4 Å². The van der Waals surface area contributed by atoms with Gasteiger partial charge in [0.15, 0.2) is 0 Å². The Balaban J connectivity index is 2.06. The van der Waals surface area contributed by atoms with Crippen LogP contribution in [0.3, 0.4) is 0 Å². The number of hydrogen-bond acceptors (Lipinski definition) is 2. The number of halogens is 1. The smallest absolute Gasteiger partial charge is 0.123 e. The van der Waals surface area contributed by atoms with E-state index in [4.69, 9.17) is 4.74 Å². The predicted molar refractivity (Wildman–Crippen MR) is 68.8 cm³/mol. The van der Waals surface area contributed by atoms with E-state index >= 15 is 0 Å². The monoisotopic (exact) mass is 252 g/mol. The standard InChI is InChI=1S/C15H21FO2/c1-9-10(2)18-11(3)15(9)14(17)8-12-5-4-6-13(16)7-12/h4-7,9-11,14-15,17H,8H2,1-3H3. The van der Waals surface area contributed by atoms with Gasteiger partial charge >= 0.3 is 0 Å². The Labute approximate surface area is 108 Å². The molecule has 1 N–H and O–H groups in total. The third kappa shape index (κ3) is 2.73.